The standard InChI is InChI=1S/C22H25N3O3/c26-21(28-18-6-1-2-7-18)16-10-12-17(13-11-16)24-22(27)25-15-5-9-20(25)19-8-3-4-14-23-19/h3-4,8,10-14,18,20H,1-2,5-7,9,15H2,(H,24,27)/t20-/m1/s1. The number of ether oxygens (including phenoxy) is 1. The maximum absolute atomic E-state index is 12.7. The van der Waals surface area contributed by atoms with Crippen LogP contribution in [0, 0.1) is 0 Å². The summed E-state index contributed by atoms with van der Waals surface area (Å²) >= 11 is 0. The van der Waals surface area contributed by atoms with E-state index in [2.05, 4.69) is 10.3 Å². The Kier molecular flexibility index (Phi) is 5.55. The first-order valence-electron chi connectivity index (χ1n) is 10.0. The van der Waals surface area contributed by atoms with Gasteiger partial charge in [-0.3, -0.25) is 4.98 Å². The predicted octanol–water partition coefficient (Wildman–Crippen LogP) is 4.55. The van der Waals surface area contributed by atoms with Crippen molar-refractivity contribution < 1.29 is 14.3 Å². The molecule has 0 unspecified atom stereocenters. The Labute approximate surface area is 164 Å². The van der Waals surface area contributed by atoms with Crippen LogP contribution in [0.2, 0.25) is 0 Å². The summed E-state index contributed by atoms with van der Waals surface area (Å²) < 4.78 is 5.52. The second kappa shape index (κ2) is 8.42. The number of nitrogens with one attached hydrogen (secondary N) is 1. The molecule has 2 aromatic rings. The molecule has 1 aromatic heterocycles. The molecule has 1 aromatic carbocycles. The molecule has 2 fully saturated rings. The number of carbonyl (C=O) groups excluding carboxylic acids is 2. The van der Waals surface area contributed by atoms with E-state index in [1.807, 2.05) is 23.1 Å². The van der Waals surface area contributed by atoms with E-state index in [-0.39, 0.29) is 24.1 Å². The Bertz CT molecular complexity index is 817. The number of nitrogens with zero attached hydrogens (tertiary/aromatic N) is 2. The molecular weight excluding hydrogens is 354 g/mol. The van der Waals surface area contributed by atoms with Crippen molar-refractivity contribution >= 4 is 17.7 Å². The number of carbonyl (C=O) groups is 2. The van der Waals surface area contributed by atoms with Gasteiger partial charge in [-0.15, -0.1) is 0 Å². The van der Waals surface area contributed by atoms with Crippen LogP contribution in [-0.2, 0) is 4.74 Å². The monoisotopic (exact) mass is 379 g/mol. The highest BCUT2D eigenvalue weighted by atomic mass is 16.5. The van der Waals surface area contributed by atoms with Crippen LogP contribution in [-0.4, -0.2) is 34.5 Å². The summed E-state index contributed by atoms with van der Waals surface area (Å²) in [5.41, 5.74) is 2.09. The van der Waals surface area contributed by atoms with Crippen molar-refractivity contribution in [3.63, 3.8) is 0 Å². The quantitative estimate of drug-likeness (QED) is 0.791. The Morgan fingerprint density at radius 2 is 1.79 bits per heavy atom. The van der Waals surface area contributed by atoms with Crippen LogP contribution in [0.1, 0.15) is 60.6 Å². The number of hydrogen-bond acceptors (Lipinski definition) is 4. The van der Waals surface area contributed by atoms with Crippen LogP contribution >= 0.6 is 0 Å². The molecule has 1 saturated carbocycles. The van der Waals surface area contributed by atoms with Crippen molar-refractivity contribution in [2.24, 2.45) is 0 Å². The van der Waals surface area contributed by atoms with Crippen molar-refractivity contribution in [1.82, 2.24) is 9.88 Å². The van der Waals surface area contributed by atoms with Crippen LogP contribution in [0.4, 0.5) is 10.5 Å². The molecule has 28 heavy (non-hydrogen) atoms. The van der Waals surface area contributed by atoms with Gasteiger partial charge in [0.2, 0.25) is 0 Å². The minimum Gasteiger partial charge on any atom is -0.459 e. The van der Waals surface area contributed by atoms with E-state index in [1.54, 1.807) is 30.5 Å². The Morgan fingerprint density at radius 1 is 1.00 bits per heavy atom. The molecule has 6 heteroatoms. The fourth-order valence-electron chi connectivity index (χ4n) is 4.00. The topological polar surface area (TPSA) is 71.5 Å². The molecule has 1 aliphatic carbocycles. The molecule has 0 spiro atoms. The van der Waals surface area contributed by atoms with Gasteiger partial charge in [-0.2, -0.15) is 0 Å². The normalized spacial score (nSPS) is 19.6. The van der Waals surface area contributed by atoms with Gasteiger partial charge in [-0.25, -0.2) is 9.59 Å². The lowest BCUT2D eigenvalue weighted by atomic mass is 10.1. The number of hydrogen-bond donors (Lipinski definition) is 1. The summed E-state index contributed by atoms with van der Waals surface area (Å²) in [4.78, 5) is 31.2. The molecule has 1 atom stereocenters. The highest BCUT2D eigenvalue weighted by Crippen LogP contribution is 2.31. The first-order chi connectivity index (χ1) is 13.7. The number of aromatic nitrogens is 1. The van der Waals surface area contributed by atoms with Gasteiger partial charge < -0.3 is 15.0 Å². The van der Waals surface area contributed by atoms with Gasteiger partial charge in [-0.05, 0) is 74.9 Å². The Hall–Kier alpha value is -2.89. The number of benzene rings is 1. The van der Waals surface area contributed by atoms with E-state index in [0.717, 1.165) is 44.2 Å². The number of anilines is 1. The molecule has 6 nitrogen and oxygen atoms in total. The number of pyridine rings is 1. The van der Waals surface area contributed by atoms with E-state index < -0.39 is 0 Å². The Morgan fingerprint density at radius 3 is 2.50 bits per heavy atom. The molecule has 1 N–H and O–H groups in total. The van der Waals surface area contributed by atoms with E-state index in [1.165, 1.54) is 0 Å². The van der Waals surface area contributed by atoms with Crippen molar-refractivity contribution in [3.8, 4) is 0 Å². The lowest BCUT2D eigenvalue weighted by molar-refractivity contribution is 0.0318. The molecule has 1 saturated heterocycles. The van der Waals surface area contributed by atoms with Crippen LogP contribution in [0.3, 0.4) is 0 Å². The third-order valence-corrected chi connectivity index (χ3v) is 5.49. The van der Waals surface area contributed by atoms with Crippen molar-refractivity contribution in [2.45, 2.75) is 50.7 Å². The molecule has 2 aliphatic rings. The van der Waals surface area contributed by atoms with Crippen LogP contribution in [0.5, 0.6) is 0 Å². The Balaban J connectivity index is 1.37. The number of urea groups is 1. The highest BCUT2D eigenvalue weighted by Gasteiger charge is 2.30. The summed E-state index contributed by atoms with van der Waals surface area (Å²) in [5.74, 6) is -0.292. The first kappa shape index (κ1) is 18.5. The molecule has 2 heterocycles. The van der Waals surface area contributed by atoms with E-state index in [0.29, 0.717) is 17.8 Å². The molecule has 2 amide bonds. The van der Waals surface area contributed by atoms with E-state index >= 15 is 0 Å². The third kappa shape index (κ3) is 4.16. The molecular formula is C22H25N3O3. The van der Waals surface area contributed by atoms with Crippen LogP contribution in [0.25, 0.3) is 0 Å². The van der Waals surface area contributed by atoms with Gasteiger partial charge >= 0.3 is 12.0 Å². The van der Waals surface area contributed by atoms with Gasteiger partial charge in [0.05, 0.1) is 17.3 Å². The van der Waals surface area contributed by atoms with Gasteiger partial charge in [0.25, 0.3) is 0 Å². The molecule has 0 bridgehead atoms. The van der Waals surface area contributed by atoms with Gasteiger partial charge in [-0.1, -0.05) is 6.07 Å². The maximum Gasteiger partial charge on any atom is 0.338 e. The number of amides is 2. The van der Waals surface area contributed by atoms with Gasteiger partial charge in [0, 0.05) is 18.4 Å². The number of rotatable bonds is 4. The minimum absolute atomic E-state index is 0.00172. The van der Waals surface area contributed by atoms with Crippen molar-refractivity contribution in [3.05, 3.63) is 59.9 Å². The highest BCUT2D eigenvalue weighted by molar-refractivity contribution is 5.92. The second-order valence-electron chi connectivity index (χ2n) is 7.43. The molecule has 1 aliphatic heterocycles. The fourth-order valence-corrected chi connectivity index (χ4v) is 4.00. The number of likely N-dealkylation sites (tertiary alicyclic amines) is 1. The maximum atomic E-state index is 12.7. The number of esters is 1. The first-order valence-corrected chi connectivity index (χ1v) is 10.0. The van der Waals surface area contributed by atoms with E-state index in [9.17, 15) is 9.59 Å². The summed E-state index contributed by atoms with van der Waals surface area (Å²) in [7, 11) is 0. The minimum atomic E-state index is -0.292. The zero-order valence-electron chi connectivity index (χ0n) is 15.8. The van der Waals surface area contributed by atoms with Crippen molar-refractivity contribution in [2.75, 3.05) is 11.9 Å². The zero-order valence-corrected chi connectivity index (χ0v) is 15.8. The smallest absolute Gasteiger partial charge is 0.338 e. The second-order valence-corrected chi connectivity index (χ2v) is 7.43. The SMILES string of the molecule is O=C(OC1CCCC1)c1ccc(NC(=O)N2CCC[C@@H]2c2ccccn2)cc1. The molecule has 0 radical (unpaired) electrons. The largest absolute Gasteiger partial charge is 0.459 e. The lowest BCUT2D eigenvalue weighted by Crippen LogP contribution is -2.34. The average molecular weight is 379 g/mol. The third-order valence-electron chi connectivity index (χ3n) is 5.49. The summed E-state index contributed by atoms with van der Waals surface area (Å²) in [6.45, 7) is 0.707. The summed E-state index contributed by atoms with van der Waals surface area (Å²) in [5, 5.41) is 2.93. The average Bonchev–Trinajstić information content (AvgIpc) is 3.41. The summed E-state index contributed by atoms with van der Waals surface area (Å²) in [6.07, 6.45) is 7.83. The van der Waals surface area contributed by atoms with Gasteiger partial charge in [0.1, 0.15) is 6.10 Å². The fraction of sp³-hybridized carbons (Fsp3) is 0.409. The van der Waals surface area contributed by atoms with E-state index in [4.69, 9.17) is 4.74 Å². The predicted molar refractivity (Wildman–Crippen MR) is 106 cm³/mol. The zero-order chi connectivity index (χ0) is 19.3. The summed E-state index contributed by atoms with van der Waals surface area (Å²) in [6, 6.07) is 12.5. The molecule has 4 rings (SSSR count). The van der Waals surface area contributed by atoms with Crippen LogP contribution in [0.15, 0.2) is 48.7 Å². The van der Waals surface area contributed by atoms with Crippen LogP contribution < -0.4 is 5.32 Å². The molecule has 146 valence electrons. The van der Waals surface area contributed by atoms with Gasteiger partial charge in [0.15, 0.2) is 0 Å². The lowest BCUT2D eigenvalue weighted by Gasteiger charge is -2.24. The van der Waals surface area contributed by atoms with Crippen molar-refractivity contribution in [1.29, 1.82) is 0 Å².